The van der Waals surface area contributed by atoms with Gasteiger partial charge in [-0.15, -0.1) is 0 Å². The van der Waals surface area contributed by atoms with Crippen molar-refractivity contribution >= 4 is 74.4 Å². The van der Waals surface area contributed by atoms with Gasteiger partial charge in [0, 0.05) is 20.1 Å². The molecule has 0 unspecified atom stereocenters. The standard InChI is InChI=1S/C24H16BCl4.C6H15N/c26-21-9-1-5-17(13-21)25(18-6-2-10-22(27)14-18,19-7-3-11-23(28)15-19)20-8-4-12-24(29)16-20;1-4-7(5-2)6-3/h1-16H;4-6H2,1-3H3/q-1;/p+1. The molecule has 0 aliphatic heterocycles. The molecular weight excluding hydrogens is 527 g/mol. The summed E-state index contributed by atoms with van der Waals surface area (Å²) < 4.78 is 0. The molecule has 0 heterocycles. The minimum atomic E-state index is -1.63. The molecule has 6 heteroatoms. The quantitative estimate of drug-likeness (QED) is 0.281. The zero-order chi connectivity index (χ0) is 26.1. The predicted molar refractivity (Wildman–Crippen MR) is 163 cm³/mol. The normalized spacial score (nSPS) is 11.2. The number of rotatable bonds is 7. The second-order valence-electron chi connectivity index (χ2n) is 8.90. The molecule has 0 bridgehead atoms. The van der Waals surface area contributed by atoms with Gasteiger partial charge in [0.05, 0.1) is 19.6 Å². The van der Waals surface area contributed by atoms with Gasteiger partial charge in [-0.25, -0.2) is 0 Å². The Balaban J connectivity index is 0.000000454. The van der Waals surface area contributed by atoms with Gasteiger partial charge in [0.15, 0.2) is 0 Å². The molecule has 0 aliphatic rings. The summed E-state index contributed by atoms with van der Waals surface area (Å²) in [6.07, 6.45) is -1.63. The highest BCUT2D eigenvalue weighted by Gasteiger charge is 2.32. The molecule has 0 amide bonds. The van der Waals surface area contributed by atoms with Crippen molar-refractivity contribution in [3.8, 4) is 0 Å². The molecule has 4 rings (SSSR count). The Morgan fingerprint density at radius 3 is 0.889 bits per heavy atom. The third kappa shape index (κ3) is 6.68. The van der Waals surface area contributed by atoms with E-state index in [0.717, 1.165) is 21.9 Å². The number of benzene rings is 4. The third-order valence-electron chi connectivity index (χ3n) is 6.89. The molecule has 0 spiro atoms. The van der Waals surface area contributed by atoms with Crippen LogP contribution in [0.25, 0.3) is 0 Å². The van der Waals surface area contributed by atoms with Crippen LogP contribution >= 0.6 is 46.4 Å². The molecule has 0 fully saturated rings. The van der Waals surface area contributed by atoms with E-state index in [1.54, 1.807) is 4.90 Å². The third-order valence-corrected chi connectivity index (χ3v) is 7.84. The van der Waals surface area contributed by atoms with Gasteiger partial charge in [0.25, 0.3) is 0 Å². The van der Waals surface area contributed by atoms with Crippen LogP contribution in [0.15, 0.2) is 97.1 Å². The van der Waals surface area contributed by atoms with Crippen LogP contribution in [0.3, 0.4) is 0 Å². The van der Waals surface area contributed by atoms with Crippen LogP contribution in [0, 0.1) is 0 Å². The van der Waals surface area contributed by atoms with Crippen molar-refractivity contribution in [3.05, 3.63) is 117 Å². The topological polar surface area (TPSA) is 4.44 Å². The Morgan fingerprint density at radius 2 is 0.722 bits per heavy atom. The second-order valence-corrected chi connectivity index (χ2v) is 10.6. The average molecular weight is 559 g/mol. The smallest absolute Gasteiger partial charge is 0.108 e. The highest BCUT2D eigenvalue weighted by molar-refractivity contribution is 7.20. The van der Waals surface area contributed by atoms with Crippen LogP contribution in [0.4, 0.5) is 0 Å². The first-order chi connectivity index (χ1) is 17.3. The van der Waals surface area contributed by atoms with E-state index < -0.39 is 6.15 Å². The highest BCUT2D eigenvalue weighted by atomic mass is 35.5. The van der Waals surface area contributed by atoms with Crippen molar-refractivity contribution in [2.45, 2.75) is 20.8 Å². The van der Waals surface area contributed by atoms with Crippen molar-refractivity contribution in [2.75, 3.05) is 19.6 Å². The van der Waals surface area contributed by atoms with Crippen LogP contribution in [-0.2, 0) is 0 Å². The van der Waals surface area contributed by atoms with E-state index in [9.17, 15) is 0 Å². The lowest BCUT2D eigenvalue weighted by Gasteiger charge is -2.44. The van der Waals surface area contributed by atoms with Crippen molar-refractivity contribution in [1.29, 1.82) is 0 Å². The monoisotopic (exact) mass is 557 g/mol. The highest BCUT2D eigenvalue weighted by Crippen LogP contribution is 2.18. The maximum absolute atomic E-state index is 6.44. The molecule has 0 atom stereocenters. The Labute approximate surface area is 235 Å². The molecule has 0 aromatic heterocycles. The molecule has 188 valence electrons. The summed E-state index contributed by atoms with van der Waals surface area (Å²) in [5.41, 5.74) is 4.24. The van der Waals surface area contributed by atoms with Crippen molar-refractivity contribution in [2.24, 2.45) is 0 Å². The van der Waals surface area contributed by atoms with Crippen LogP contribution < -0.4 is 26.8 Å². The fraction of sp³-hybridized carbons (Fsp3) is 0.200. The van der Waals surface area contributed by atoms with E-state index in [1.807, 2.05) is 72.8 Å². The van der Waals surface area contributed by atoms with Gasteiger partial charge in [-0.3, -0.25) is 0 Å². The van der Waals surface area contributed by atoms with Gasteiger partial charge >= 0.3 is 0 Å². The summed E-state index contributed by atoms with van der Waals surface area (Å²) in [6, 6.07) is 31.7. The van der Waals surface area contributed by atoms with Crippen LogP contribution in [0.2, 0.25) is 20.1 Å². The Kier molecular flexibility index (Phi) is 10.8. The van der Waals surface area contributed by atoms with Gasteiger partial charge in [-0.05, 0) is 45.0 Å². The molecule has 0 saturated heterocycles. The summed E-state index contributed by atoms with van der Waals surface area (Å²) in [6.45, 7) is 10.5. The van der Waals surface area contributed by atoms with E-state index in [2.05, 4.69) is 45.0 Å². The number of hydrogen-bond acceptors (Lipinski definition) is 0. The van der Waals surface area contributed by atoms with E-state index in [1.165, 1.54) is 19.6 Å². The molecule has 0 saturated carbocycles. The number of halogens is 4. The lowest BCUT2D eigenvalue weighted by atomic mass is 9.13. The predicted octanol–water partition coefficient (Wildman–Crippen LogP) is 5.61. The van der Waals surface area contributed by atoms with Crippen molar-refractivity contribution in [3.63, 3.8) is 0 Å². The Hall–Kier alpha value is -1.94. The summed E-state index contributed by atoms with van der Waals surface area (Å²) in [5, 5.41) is 2.67. The number of nitrogens with one attached hydrogen (secondary N) is 1. The zero-order valence-electron chi connectivity index (χ0n) is 20.9. The van der Waals surface area contributed by atoms with Crippen LogP contribution in [0.5, 0.6) is 0 Å². The summed E-state index contributed by atoms with van der Waals surface area (Å²) in [4.78, 5) is 1.68. The molecule has 36 heavy (non-hydrogen) atoms. The molecule has 1 nitrogen and oxygen atoms in total. The minimum absolute atomic E-state index is 0.667. The average Bonchev–Trinajstić information content (AvgIpc) is 2.86. The minimum Gasteiger partial charge on any atom is -0.336 e. The number of hydrogen-bond donors (Lipinski definition) is 1. The van der Waals surface area contributed by atoms with E-state index >= 15 is 0 Å². The molecule has 0 radical (unpaired) electrons. The van der Waals surface area contributed by atoms with Crippen LogP contribution in [-0.4, -0.2) is 25.8 Å². The summed E-state index contributed by atoms with van der Waals surface area (Å²) >= 11 is 25.8. The van der Waals surface area contributed by atoms with Gasteiger partial charge in [0.1, 0.15) is 6.15 Å². The van der Waals surface area contributed by atoms with Gasteiger partial charge < -0.3 is 4.90 Å². The van der Waals surface area contributed by atoms with E-state index in [4.69, 9.17) is 46.4 Å². The van der Waals surface area contributed by atoms with Crippen molar-refractivity contribution in [1.82, 2.24) is 0 Å². The molecule has 0 aliphatic carbocycles. The van der Waals surface area contributed by atoms with Crippen molar-refractivity contribution < 1.29 is 4.90 Å². The number of quaternary nitrogens is 1. The first-order valence-corrected chi connectivity index (χ1v) is 13.9. The Morgan fingerprint density at radius 1 is 0.472 bits per heavy atom. The lowest BCUT2D eigenvalue weighted by Crippen LogP contribution is -3.11. The van der Waals surface area contributed by atoms with E-state index in [0.29, 0.717) is 20.1 Å². The second kappa shape index (κ2) is 13.6. The fourth-order valence-corrected chi connectivity index (χ4v) is 5.80. The zero-order valence-corrected chi connectivity index (χ0v) is 24.0. The van der Waals surface area contributed by atoms with Gasteiger partial charge in [-0.1, -0.05) is 119 Å². The maximum Gasteiger partial charge on any atom is 0.108 e. The molecule has 4 aromatic rings. The van der Waals surface area contributed by atoms with Gasteiger partial charge in [-0.2, -0.15) is 21.9 Å². The largest absolute Gasteiger partial charge is 0.336 e. The summed E-state index contributed by atoms with van der Waals surface area (Å²) in [7, 11) is 0. The van der Waals surface area contributed by atoms with E-state index in [-0.39, 0.29) is 0 Å². The molecular formula is C30H32BCl4N. The molecule has 4 aromatic carbocycles. The summed E-state index contributed by atoms with van der Waals surface area (Å²) in [5.74, 6) is 0. The first-order valence-electron chi connectivity index (χ1n) is 12.4. The van der Waals surface area contributed by atoms with Crippen LogP contribution in [0.1, 0.15) is 20.8 Å². The maximum atomic E-state index is 6.44. The molecule has 1 N–H and O–H groups in total. The SMILES string of the molecule is CC[NH+](CC)CC.Clc1cccc([B-](c2cccc(Cl)c2)(c2cccc(Cl)c2)c2cccc(Cl)c2)c1. The first kappa shape index (κ1) is 28.6. The lowest BCUT2D eigenvalue weighted by molar-refractivity contribution is -0.894. The Bertz CT molecular complexity index is 1080. The van der Waals surface area contributed by atoms with Gasteiger partial charge in [0.2, 0.25) is 0 Å². The fourth-order valence-electron chi connectivity index (χ4n) is 5.01.